The minimum atomic E-state index is 0.826. The van der Waals surface area contributed by atoms with E-state index in [1.165, 1.54) is 0 Å². The van der Waals surface area contributed by atoms with Gasteiger partial charge < -0.3 is 5.32 Å². The molecule has 0 aromatic carbocycles. The van der Waals surface area contributed by atoms with Crippen LogP contribution < -0.4 is 5.32 Å². The van der Waals surface area contributed by atoms with Gasteiger partial charge in [-0.25, -0.2) is 4.98 Å². The van der Waals surface area contributed by atoms with Crippen molar-refractivity contribution in [2.75, 3.05) is 19.4 Å². The molecule has 0 aliphatic rings. The van der Waals surface area contributed by atoms with Crippen molar-refractivity contribution < 1.29 is 0 Å². The molecule has 0 saturated heterocycles. The first-order valence-corrected chi connectivity index (χ1v) is 6.40. The maximum Gasteiger partial charge on any atom is 0.0795 e. The molecule has 0 bridgehead atoms. The Bertz CT molecular complexity index is 455. The second-order valence-corrected chi connectivity index (χ2v) is 4.66. The number of nitrogens with one attached hydrogen (secondary N) is 1. The number of aromatic nitrogens is 2. The second-order valence-electron chi connectivity index (χ2n) is 3.94. The van der Waals surface area contributed by atoms with E-state index in [0.717, 1.165) is 30.2 Å². The molecule has 0 amide bonds. The van der Waals surface area contributed by atoms with Crippen molar-refractivity contribution >= 4 is 17.0 Å². The van der Waals surface area contributed by atoms with Gasteiger partial charge in [-0.3, -0.25) is 9.88 Å². The molecule has 5 heteroatoms. The number of thiazole rings is 1. The van der Waals surface area contributed by atoms with Gasteiger partial charge in [-0.15, -0.1) is 11.3 Å². The van der Waals surface area contributed by atoms with E-state index in [1.807, 2.05) is 24.8 Å². The van der Waals surface area contributed by atoms with Gasteiger partial charge in [0.2, 0.25) is 0 Å². The van der Waals surface area contributed by atoms with Crippen LogP contribution in [0.4, 0.5) is 5.69 Å². The third-order valence-electron chi connectivity index (χ3n) is 2.45. The third kappa shape index (κ3) is 3.51. The summed E-state index contributed by atoms with van der Waals surface area (Å²) in [6.45, 7) is 1.68. The number of hydrogen-bond donors (Lipinski definition) is 1. The predicted molar refractivity (Wildman–Crippen MR) is 71.1 cm³/mol. The van der Waals surface area contributed by atoms with E-state index in [4.69, 9.17) is 0 Å². The summed E-state index contributed by atoms with van der Waals surface area (Å²) in [7, 11) is 3.99. The maximum atomic E-state index is 4.36. The zero-order chi connectivity index (χ0) is 12.1. The Morgan fingerprint density at radius 3 is 2.82 bits per heavy atom. The Morgan fingerprint density at radius 1 is 1.29 bits per heavy atom. The molecule has 0 radical (unpaired) electrons. The van der Waals surface area contributed by atoms with E-state index < -0.39 is 0 Å². The molecule has 0 atom stereocenters. The highest BCUT2D eigenvalue weighted by Gasteiger charge is 2.04. The first kappa shape index (κ1) is 12.0. The molecule has 17 heavy (non-hydrogen) atoms. The van der Waals surface area contributed by atoms with Gasteiger partial charge in [-0.05, 0) is 19.2 Å². The second kappa shape index (κ2) is 5.75. The van der Waals surface area contributed by atoms with Gasteiger partial charge in [0.25, 0.3) is 0 Å². The maximum absolute atomic E-state index is 4.36. The molecule has 0 aliphatic carbocycles. The summed E-state index contributed by atoms with van der Waals surface area (Å²) in [5.74, 6) is 0. The van der Waals surface area contributed by atoms with Crippen LogP contribution in [0.15, 0.2) is 29.2 Å². The molecule has 0 aliphatic heterocycles. The Balaban J connectivity index is 1.95. The van der Waals surface area contributed by atoms with Crippen LogP contribution in [0.5, 0.6) is 0 Å². The van der Waals surface area contributed by atoms with Crippen LogP contribution in [0.2, 0.25) is 0 Å². The van der Waals surface area contributed by atoms with E-state index in [2.05, 4.69) is 38.7 Å². The van der Waals surface area contributed by atoms with Crippen LogP contribution in [0, 0.1) is 0 Å². The van der Waals surface area contributed by atoms with Gasteiger partial charge in [-0.1, -0.05) is 0 Å². The van der Waals surface area contributed by atoms with Crippen LogP contribution in [0.3, 0.4) is 0 Å². The van der Waals surface area contributed by atoms with Crippen molar-refractivity contribution in [1.29, 1.82) is 0 Å². The lowest BCUT2D eigenvalue weighted by Gasteiger charge is -2.15. The summed E-state index contributed by atoms with van der Waals surface area (Å²) < 4.78 is 0. The van der Waals surface area contributed by atoms with Gasteiger partial charge in [-0.2, -0.15) is 0 Å². The topological polar surface area (TPSA) is 41.1 Å². The van der Waals surface area contributed by atoms with Crippen molar-refractivity contribution in [2.45, 2.75) is 13.1 Å². The molecule has 1 N–H and O–H groups in total. The summed E-state index contributed by atoms with van der Waals surface area (Å²) >= 11 is 1.63. The van der Waals surface area contributed by atoms with E-state index in [-0.39, 0.29) is 0 Å². The molecule has 0 spiro atoms. The summed E-state index contributed by atoms with van der Waals surface area (Å²) in [5.41, 5.74) is 5.14. The zero-order valence-electron chi connectivity index (χ0n) is 10.1. The Kier molecular flexibility index (Phi) is 4.06. The molecule has 2 rings (SSSR count). The Labute approximate surface area is 105 Å². The van der Waals surface area contributed by atoms with Gasteiger partial charge in [0.1, 0.15) is 0 Å². The van der Waals surface area contributed by atoms with Gasteiger partial charge in [0, 0.05) is 37.4 Å². The minimum Gasteiger partial charge on any atom is -0.388 e. The Morgan fingerprint density at radius 2 is 2.12 bits per heavy atom. The number of anilines is 1. The summed E-state index contributed by atoms with van der Waals surface area (Å²) in [5, 5.41) is 5.19. The van der Waals surface area contributed by atoms with Crippen LogP contribution in [-0.2, 0) is 13.1 Å². The van der Waals surface area contributed by atoms with Crippen molar-refractivity contribution in [3.05, 3.63) is 40.6 Å². The van der Waals surface area contributed by atoms with Gasteiger partial charge in [0.05, 0.1) is 16.9 Å². The first-order chi connectivity index (χ1) is 8.28. The lowest BCUT2D eigenvalue weighted by Crippen LogP contribution is -2.18. The SMILES string of the molecule is CNc1ccnc(CN(C)Cc2cscn2)c1. The quantitative estimate of drug-likeness (QED) is 0.881. The lowest BCUT2D eigenvalue weighted by atomic mass is 10.3. The lowest BCUT2D eigenvalue weighted by molar-refractivity contribution is 0.312. The van der Waals surface area contributed by atoms with Crippen LogP contribution in [-0.4, -0.2) is 29.0 Å². The molecular weight excluding hydrogens is 232 g/mol. The van der Waals surface area contributed by atoms with Crippen molar-refractivity contribution in [3.63, 3.8) is 0 Å². The normalized spacial score (nSPS) is 10.8. The molecule has 0 fully saturated rings. The molecule has 2 aromatic rings. The van der Waals surface area contributed by atoms with Gasteiger partial charge >= 0.3 is 0 Å². The molecule has 90 valence electrons. The highest BCUT2D eigenvalue weighted by molar-refractivity contribution is 7.07. The van der Waals surface area contributed by atoms with Crippen LogP contribution >= 0.6 is 11.3 Å². The monoisotopic (exact) mass is 248 g/mol. The third-order valence-corrected chi connectivity index (χ3v) is 3.09. The first-order valence-electron chi connectivity index (χ1n) is 5.46. The zero-order valence-corrected chi connectivity index (χ0v) is 10.9. The smallest absolute Gasteiger partial charge is 0.0795 e. The average molecular weight is 248 g/mol. The minimum absolute atomic E-state index is 0.826. The summed E-state index contributed by atoms with van der Waals surface area (Å²) in [6.07, 6.45) is 1.83. The van der Waals surface area contributed by atoms with E-state index in [9.17, 15) is 0 Å². The van der Waals surface area contributed by atoms with Crippen molar-refractivity contribution in [3.8, 4) is 0 Å². The van der Waals surface area contributed by atoms with E-state index in [0.29, 0.717) is 0 Å². The summed E-state index contributed by atoms with van der Waals surface area (Å²) in [4.78, 5) is 10.8. The fourth-order valence-corrected chi connectivity index (χ4v) is 2.19. The summed E-state index contributed by atoms with van der Waals surface area (Å²) in [6, 6.07) is 4.03. The molecule has 2 heterocycles. The van der Waals surface area contributed by atoms with E-state index in [1.54, 1.807) is 11.3 Å². The van der Waals surface area contributed by atoms with E-state index >= 15 is 0 Å². The van der Waals surface area contributed by atoms with Gasteiger partial charge in [0.15, 0.2) is 0 Å². The van der Waals surface area contributed by atoms with Crippen molar-refractivity contribution in [1.82, 2.24) is 14.9 Å². The molecule has 0 saturated carbocycles. The number of pyridine rings is 1. The molecule has 4 nitrogen and oxygen atoms in total. The number of hydrogen-bond acceptors (Lipinski definition) is 5. The number of nitrogens with zero attached hydrogens (tertiary/aromatic N) is 3. The fraction of sp³-hybridized carbons (Fsp3) is 0.333. The fourth-order valence-electron chi connectivity index (χ4n) is 1.64. The predicted octanol–water partition coefficient (Wildman–Crippen LogP) is 2.21. The molecular formula is C12H16N4S. The van der Waals surface area contributed by atoms with Crippen molar-refractivity contribution in [2.24, 2.45) is 0 Å². The van der Waals surface area contributed by atoms with Crippen LogP contribution in [0.1, 0.15) is 11.4 Å². The molecule has 0 unspecified atom stereocenters. The highest BCUT2D eigenvalue weighted by Crippen LogP contribution is 2.10. The van der Waals surface area contributed by atoms with Crippen LogP contribution in [0.25, 0.3) is 0 Å². The Hall–Kier alpha value is -1.46. The average Bonchev–Trinajstić information content (AvgIpc) is 2.82. The molecule has 2 aromatic heterocycles. The number of rotatable bonds is 5. The highest BCUT2D eigenvalue weighted by atomic mass is 32.1. The largest absolute Gasteiger partial charge is 0.388 e. The standard InChI is InChI=1S/C12H16N4S/c1-13-10-3-4-14-11(5-10)6-16(2)7-12-8-17-9-15-12/h3-5,8-9H,6-7H2,1-2H3,(H,13,14).